The van der Waals surface area contributed by atoms with Crippen LogP contribution in [-0.2, 0) is 7.05 Å². The zero-order chi connectivity index (χ0) is 12.4. The Balaban J connectivity index is 2.35. The summed E-state index contributed by atoms with van der Waals surface area (Å²) in [6.07, 6.45) is 3.18. The molecule has 0 fully saturated rings. The molecular weight excluding hydrogens is 227 g/mol. The number of aromatic nitrogens is 2. The van der Waals surface area contributed by atoms with Crippen LogP contribution in [0.15, 0.2) is 30.6 Å². The number of hydrogen-bond donors (Lipinski definition) is 1. The number of nitrogens with one attached hydrogen (secondary N) is 1. The molecule has 7 heteroatoms. The van der Waals surface area contributed by atoms with Crippen LogP contribution in [0.1, 0.15) is 0 Å². The lowest BCUT2D eigenvalue weighted by Crippen LogP contribution is -1.97. The number of halogens is 1. The summed E-state index contributed by atoms with van der Waals surface area (Å²) in [7, 11) is 1.73. The van der Waals surface area contributed by atoms with Crippen molar-refractivity contribution in [3.8, 4) is 0 Å². The first-order valence-corrected chi connectivity index (χ1v) is 4.76. The molecule has 0 aliphatic carbocycles. The van der Waals surface area contributed by atoms with Gasteiger partial charge in [0, 0.05) is 13.2 Å². The molecule has 1 N–H and O–H groups in total. The van der Waals surface area contributed by atoms with E-state index in [4.69, 9.17) is 0 Å². The highest BCUT2D eigenvalue weighted by Gasteiger charge is 2.15. The number of nitro groups is 1. The van der Waals surface area contributed by atoms with E-state index in [9.17, 15) is 14.5 Å². The fourth-order valence-corrected chi connectivity index (χ4v) is 1.40. The van der Waals surface area contributed by atoms with Gasteiger partial charge in [0.2, 0.25) is 0 Å². The van der Waals surface area contributed by atoms with Gasteiger partial charge in [-0.3, -0.25) is 14.8 Å². The minimum Gasteiger partial charge on any atom is -0.347 e. The van der Waals surface area contributed by atoms with Crippen LogP contribution in [0, 0.1) is 15.9 Å². The molecule has 0 saturated carbocycles. The van der Waals surface area contributed by atoms with Crippen LogP contribution in [0.4, 0.5) is 21.5 Å². The second-order valence-corrected chi connectivity index (χ2v) is 3.45. The topological polar surface area (TPSA) is 73.0 Å². The zero-order valence-corrected chi connectivity index (χ0v) is 8.92. The van der Waals surface area contributed by atoms with Crippen molar-refractivity contribution < 1.29 is 9.31 Å². The van der Waals surface area contributed by atoms with Crippen molar-refractivity contribution in [1.29, 1.82) is 0 Å². The second-order valence-electron chi connectivity index (χ2n) is 3.45. The fourth-order valence-electron chi connectivity index (χ4n) is 1.40. The minimum atomic E-state index is -0.645. The van der Waals surface area contributed by atoms with E-state index in [0.29, 0.717) is 5.69 Å². The van der Waals surface area contributed by atoms with Crippen molar-refractivity contribution in [2.24, 2.45) is 7.05 Å². The summed E-state index contributed by atoms with van der Waals surface area (Å²) in [5.74, 6) is -0.645. The van der Waals surface area contributed by atoms with Crippen LogP contribution in [0.5, 0.6) is 0 Å². The summed E-state index contributed by atoms with van der Waals surface area (Å²) in [5.41, 5.74) is 0.514. The first-order chi connectivity index (χ1) is 8.06. The van der Waals surface area contributed by atoms with Crippen molar-refractivity contribution in [3.63, 3.8) is 0 Å². The van der Waals surface area contributed by atoms with Crippen molar-refractivity contribution in [2.45, 2.75) is 0 Å². The summed E-state index contributed by atoms with van der Waals surface area (Å²) in [5, 5.41) is 17.5. The average molecular weight is 236 g/mol. The fraction of sp³-hybridized carbons (Fsp3) is 0.100. The van der Waals surface area contributed by atoms with Crippen LogP contribution in [-0.4, -0.2) is 14.7 Å². The lowest BCUT2D eigenvalue weighted by Gasteiger charge is -2.04. The van der Waals surface area contributed by atoms with Crippen LogP contribution in [0.25, 0.3) is 0 Å². The second kappa shape index (κ2) is 4.20. The van der Waals surface area contributed by atoms with Gasteiger partial charge in [0.25, 0.3) is 5.69 Å². The first-order valence-electron chi connectivity index (χ1n) is 4.76. The summed E-state index contributed by atoms with van der Waals surface area (Å²) >= 11 is 0. The lowest BCUT2D eigenvalue weighted by atomic mass is 10.2. The Kier molecular flexibility index (Phi) is 2.73. The maximum Gasteiger partial charge on any atom is 0.295 e. The van der Waals surface area contributed by atoms with Crippen LogP contribution in [0.3, 0.4) is 0 Å². The maximum absolute atomic E-state index is 12.9. The molecule has 0 spiro atoms. The van der Waals surface area contributed by atoms with Crippen molar-refractivity contribution in [1.82, 2.24) is 9.78 Å². The highest BCUT2D eigenvalue weighted by Crippen LogP contribution is 2.27. The van der Waals surface area contributed by atoms with E-state index < -0.39 is 10.7 Å². The SMILES string of the molecule is Cn1cc(Nc2ccc(F)cc2[N+](=O)[O-])cn1. The van der Waals surface area contributed by atoms with Crippen molar-refractivity contribution >= 4 is 17.1 Å². The van der Waals surface area contributed by atoms with Crippen LogP contribution < -0.4 is 5.32 Å². The van der Waals surface area contributed by atoms with Gasteiger partial charge in [-0.1, -0.05) is 0 Å². The van der Waals surface area contributed by atoms with Crippen LogP contribution >= 0.6 is 0 Å². The third-order valence-electron chi connectivity index (χ3n) is 2.14. The summed E-state index contributed by atoms with van der Waals surface area (Å²) in [4.78, 5) is 10.1. The number of aryl methyl sites for hydroxylation is 1. The molecule has 1 aromatic carbocycles. The Morgan fingerprint density at radius 1 is 1.53 bits per heavy atom. The molecule has 0 atom stereocenters. The van der Waals surface area contributed by atoms with Gasteiger partial charge in [-0.15, -0.1) is 0 Å². The summed E-state index contributed by atoms with van der Waals surface area (Å²) in [6.45, 7) is 0. The van der Waals surface area contributed by atoms with Gasteiger partial charge in [-0.2, -0.15) is 5.10 Å². The van der Waals surface area contributed by atoms with Gasteiger partial charge >= 0.3 is 0 Å². The molecule has 0 aliphatic heterocycles. The quantitative estimate of drug-likeness (QED) is 0.655. The molecule has 6 nitrogen and oxygen atoms in total. The van der Waals surface area contributed by atoms with E-state index in [1.807, 2.05) is 0 Å². The minimum absolute atomic E-state index is 0.226. The highest BCUT2D eigenvalue weighted by molar-refractivity contribution is 5.68. The smallest absolute Gasteiger partial charge is 0.295 e. The van der Waals surface area contributed by atoms with E-state index >= 15 is 0 Å². The van der Waals surface area contributed by atoms with Gasteiger partial charge in [0.05, 0.1) is 22.9 Å². The van der Waals surface area contributed by atoms with E-state index in [1.54, 1.807) is 17.9 Å². The predicted octanol–water partition coefficient (Wildman–Crippen LogP) is 2.21. The molecule has 2 aromatic rings. The molecule has 17 heavy (non-hydrogen) atoms. The summed E-state index contributed by atoms with van der Waals surface area (Å²) in [6, 6.07) is 3.35. The third kappa shape index (κ3) is 2.39. The molecule has 2 rings (SSSR count). The Hall–Kier alpha value is -2.44. The zero-order valence-electron chi connectivity index (χ0n) is 8.92. The van der Waals surface area contributed by atoms with Crippen LogP contribution in [0.2, 0.25) is 0 Å². The molecule has 88 valence electrons. The molecule has 0 radical (unpaired) electrons. The van der Waals surface area contributed by atoms with Gasteiger partial charge in [-0.05, 0) is 12.1 Å². The summed E-state index contributed by atoms with van der Waals surface area (Å²) < 4.78 is 14.5. The first kappa shape index (κ1) is 11.1. The largest absolute Gasteiger partial charge is 0.347 e. The molecule has 0 bridgehead atoms. The average Bonchev–Trinajstić information content (AvgIpc) is 2.66. The Morgan fingerprint density at radius 2 is 2.29 bits per heavy atom. The van der Waals surface area contributed by atoms with E-state index in [1.165, 1.54) is 12.3 Å². The number of benzene rings is 1. The molecule has 1 aromatic heterocycles. The number of hydrogen-bond acceptors (Lipinski definition) is 4. The monoisotopic (exact) mass is 236 g/mol. The molecule has 0 aliphatic rings. The lowest BCUT2D eigenvalue weighted by molar-refractivity contribution is -0.384. The number of anilines is 2. The number of nitro benzene ring substituents is 1. The van der Waals surface area contributed by atoms with Crippen molar-refractivity contribution in [3.05, 3.63) is 46.5 Å². The maximum atomic E-state index is 12.9. The molecule has 1 heterocycles. The molecule has 0 amide bonds. The highest BCUT2D eigenvalue weighted by atomic mass is 19.1. The van der Waals surface area contributed by atoms with Gasteiger partial charge in [0.1, 0.15) is 11.5 Å². The van der Waals surface area contributed by atoms with Gasteiger partial charge < -0.3 is 5.32 Å². The van der Waals surface area contributed by atoms with Gasteiger partial charge in [-0.25, -0.2) is 4.39 Å². The number of rotatable bonds is 3. The van der Waals surface area contributed by atoms with E-state index in [-0.39, 0.29) is 11.4 Å². The molecule has 0 unspecified atom stereocenters. The molecule has 0 saturated heterocycles. The predicted molar refractivity (Wildman–Crippen MR) is 59.5 cm³/mol. The standard InChI is InChI=1S/C10H9FN4O2/c1-14-6-8(5-12-14)13-9-3-2-7(11)4-10(9)15(16)17/h2-6,13H,1H3. The Morgan fingerprint density at radius 3 is 2.88 bits per heavy atom. The third-order valence-corrected chi connectivity index (χ3v) is 2.14. The van der Waals surface area contributed by atoms with E-state index in [0.717, 1.165) is 12.1 Å². The Bertz CT molecular complexity index is 567. The van der Waals surface area contributed by atoms with E-state index in [2.05, 4.69) is 10.4 Å². The molecular formula is C10H9FN4O2. The van der Waals surface area contributed by atoms with Crippen molar-refractivity contribution in [2.75, 3.05) is 5.32 Å². The van der Waals surface area contributed by atoms with Gasteiger partial charge in [0.15, 0.2) is 0 Å². The normalized spacial score (nSPS) is 10.2. The number of nitrogens with zero attached hydrogens (tertiary/aromatic N) is 3. The Labute approximate surface area is 95.8 Å².